The van der Waals surface area contributed by atoms with Crippen molar-refractivity contribution in [2.45, 2.75) is 47.5 Å². The summed E-state index contributed by atoms with van der Waals surface area (Å²) in [4.78, 5) is 0. The average molecular weight is 257 g/mol. The molecule has 18 heavy (non-hydrogen) atoms. The van der Waals surface area contributed by atoms with Crippen LogP contribution in [0.1, 0.15) is 47.5 Å². The number of hydrogen-bond acceptors (Lipinski definition) is 3. The molecule has 1 aliphatic rings. The van der Waals surface area contributed by atoms with E-state index in [9.17, 15) is 0 Å². The van der Waals surface area contributed by atoms with E-state index in [1.54, 1.807) is 0 Å². The summed E-state index contributed by atoms with van der Waals surface area (Å²) >= 11 is 0. The third-order valence-corrected chi connectivity index (χ3v) is 3.42. The molecule has 1 fully saturated rings. The summed E-state index contributed by atoms with van der Waals surface area (Å²) in [5.74, 6) is 1.60. The average Bonchev–Trinajstić information content (AvgIpc) is 2.40. The van der Waals surface area contributed by atoms with Crippen LogP contribution in [0, 0.1) is 11.8 Å². The van der Waals surface area contributed by atoms with Gasteiger partial charge in [-0.3, -0.25) is 0 Å². The zero-order chi connectivity index (χ0) is 14.0. The molecule has 0 bridgehead atoms. The minimum atomic E-state index is 0.762. The van der Waals surface area contributed by atoms with Gasteiger partial charge in [0.2, 0.25) is 0 Å². The Morgan fingerprint density at radius 3 is 2.56 bits per heavy atom. The molecule has 1 rings (SSSR count). The second kappa shape index (κ2) is 10.8. The molecule has 1 saturated heterocycles. The molecule has 1 aliphatic heterocycles. The van der Waals surface area contributed by atoms with Crippen LogP contribution in [-0.4, -0.2) is 49.8 Å². The molecule has 0 amide bonds. The van der Waals surface area contributed by atoms with Crippen molar-refractivity contribution in [2.75, 3.05) is 39.8 Å². The summed E-state index contributed by atoms with van der Waals surface area (Å²) in [6.07, 6.45) is 2.73. The Hall–Kier alpha value is -0.120. The molecule has 1 atom stereocenters. The van der Waals surface area contributed by atoms with Crippen molar-refractivity contribution in [2.24, 2.45) is 11.8 Å². The van der Waals surface area contributed by atoms with E-state index in [1.807, 2.05) is 13.8 Å². The number of nitrogens with one attached hydrogen (secondary N) is 1. The SMILES string of the molecule is CC.CCN(C)N1CCCC(CNCC(C)C)C1. The van der Waals surface area contributed by atoms with Crippen LogP contribution < -0.4 is 5.32 Å². The van der Waals surface area contributed by atoms with E-state index in [1.165, 1.54) is 32.5 Å². The molecule has 110 valence electrons. The fourth-order valence-corrected chi connectivity index (χ4v) is 2.30. The molecule has 0 aliphatic carbocycles. The van der Waals surface area contributed by atoms with Gasteiger partial charge in [0.25, 0.3) is 0 Å². The molecule has 0 spiro atoms. The highest BCUT2D eigenvalue weighted by Crippen LogP contribution is 2.16. The first-order valence-corrected chi connectivity index (χ1v) is 7.80. The van der Waals surface area contributed by atoms with Gasteiger partial charge in [0.1, 0.15) is 0 Å². The highest BCUT2D eigenvalue weighted by atomic mass is 15.6. The molecule has 0 radical (unpaired) electrons. The maximum absolute atomic E-state index is 3.59. The van der Waals surface area contributed by atoms with Gasteiger partial charge in [-0.1, -0.05) is 34.6 Å². The maximum Gasteiger partial charge on any atom is 0.0173 e. The Labute approximate surface area is 115 Å². The van der Waals surface area contributed by atoms with Gasteiger partial charge >= 0.3 is 0 Å². The molecule has 3 heteroatoms. The highest BCUT2D eigenvalue weighted by Gasteiger charge is 2.21. The van der Waals surface area contributed by atoms with E-state index in [2.05, 4.69) is 43.2 Å². The minimum Gasteiger partial charge on any atom is -0.316 e. The zero-order valence-electron chi connectivity index (χ0n) is 13.5. The number of rotatable bonds is 6. The molecule has 0 aromatic heterocycles. The molecule has 1 N–H and O–H groups in total. The van der Waals surface area contributed by atoms with Crippen LogP contribution in [-0.2, 0) is 0 Å². The first kappa shape index (κ1) is 17.9. The molecular formula is C15H35N3. The zero-order valence-corrected chi connectivity index (χ0v) is 13.5. The smallest absolute Gasteiger partial charge is 0.0173 e. The Kier molecular flexibility index (Phi) is 10.7. The van der Waals surface area contributed by atoms with Crippen molar-refractivity contribution in [1.29, 1.82) is 0 Å². The van der Waals surface area contributed by atoms with Gasteiger partial charge in [-0.2, -0.15) is 0 Å². The maximum atomic E-state index is 3.59. The highest BCUT2D eigenvalue weighted by molar-refractivity contribution is 4.73. The summed E-state index contributed by atoms with van der Waals surface area (Å²) in [5, 5.41) is 8.45. The van der Waals surface area contributed by atoms with E-state index in [4.69, 9.17) is 0 Å². The van der Waals surface area contributed by atoms with Gasteiger partial charge in [0.15, 0.2) is 0 Å². The van der Waals surface area contributed by atoms with Crippen LogP contribution in [0.4, 0.5) is 0 Å². The van der Waals surface area contributed by atoms with Gasteiger partial charge in [0.05, 0.1) is 0 Å². The van der Waals surface area contributed by atoms with Crippen LogP contribution in [0.15, 0.2) is 0 Å². The standard InChI is InChI=1S/C13H29N3.C2H6/c1-5-15(4)16-8-6-7-13(11-16)10-14-9-12(2)3;1-2/h12-14H,5-11H2,1-4H3;1-2H3. The van der Waals surface area contributed by atoms with Gasteiger partial charge in [0, 0.05) is 26.7 Å². The minimum absolute atomic E-state index is 0.762. The van der Waals surface area contributed by atoms with Crippen molar-refractivity contribution in [3.05, 3.63) is 0 Å². The Bertz CT molecular complexity index is 183. The predicted octanol–water partition coefficient (Wildman–Crippen LogP) is 2.84. The summed E-state index contributed by atoms with van der Waals surface area (Å²) in [7, 11) is 2.20. The van der Waals surface area contributed by atoms with Crippen LogP contribution in [0.2, 0.25) is 0 Å². The Morgan fingerprint density at radius 1 is 1.33 bits per heavy atom. The van der Waals surface area contributed by atoms with Crippen LogP contribution in [0.5, 0.6) is 0 Å². The molecule has 3 nitrogen and oxygen atoms in total. The van der Waals surface area contributed by atoms with E-state index >= 15 is 0 Å². The van der Waals surface area contributed by atoms with Crippen molar-refractivity contribution in [1.82, 2.24) is 15.3 Å². The monoisotopic (exact) mass is 257 g/mol. The van der Waals surface area contributed by atoms with Crippen LogP contribution in [0.25, 0.3) is 0 Å². The lowest BCUT2D eigenvalue weighted by molar-refractivity contribution is -0.0301. The molecule has 0 aromatic rings. The number of piperidine rings is 1. The molecule has 1 unspecified atom stereocenters. The lowest BCUT2D eigenvalue weighted by Gasteiger charge is -2.38. The van der Waals surface area contributed by atoms with E-state index in [0.717, 1.165) is 24.9 Å². The number of hydrazine groups is 1. The van der Waals surface area contributed by atoms with Crippen LogP contribution in [0.3, 0.4) is 0 Å². The molecule has 0 saturated carbocycles. The topological polar surface area (TPSA) is 18.5 Å². The predicted molar refractivity (Wildman–Crippen MR) is 81.7 cm³/mol. The van der Waals surface area contributed by atoms with E-state index in [-0.39, 0.29) is 0 Å². The first-order valence-electron chi connectivity index (χ1n) is 7.80. The summed E-state index contributed by atoms with van der Waals surface area (Å²) < 4.78 is 0. The van der Waals surface area contributed by atoms with Crippen LogP contribution >= 0.6 is 0 Å². The fourth-order valence-electron chi connectivity index (χ4n) is 2.30. The largest absolute Gasteiger partial charge is 0.316 e. The quantitative estimate of drug-likeness (QED) is 0.789. The van der Waals surface area contributed by atoms with Gasteiger partial charge in [-0.15, -0.1) is 0 Å². The second-order valence-electron chi connectivity index (χ2n) is 5.45. The third kappa shape index (κ3) is 7.34. The first-order chi connectivity index (χ1) is 8.63. The lowest BCUT2D eigenvalue weighted by Crippen LogP contribution is -2.47. The number of hydrogen-bond donors (Lipinski definition) is 1. The van der Waals surface area contributed by atoms with Crippen molar-refractivity contribution >= 4 is 0 Å². The molecular weight excluding hydrogens is 222 g/mol. The summed E-state index contributed by atoms with van der Waals surface area (Å²) in [6, 6.07) is 0. The third-order valence-electron chi connectivity index (χ3n) is 3.42. The van der Waals surface area contributed by atoms with Gasteiger partial charge < -0.3 is 5.32 Å². The second-order valence-corrected chi connectivity index (χ2v) is 5.45. The van der Waals surface area contributed by atoms with Gasteiger partial charge in [-0.05, 0) is 37.8 Å². The normalized spacial score (nSPS) is 21.0. The lowest BCUT2D eigenvalue weighted by atomic mass is 9.99. The van der Waals surface area contributed by atoms with Crippen molar-refractivity contribution < 1.29 is 0 Å². The summed E-state index contributed by atoms with van der Waals surface area (Å²) in [5.41, 5.74) is 0. The van der Waals surface area contributed by atoms with Crippen molar-refractivity contribution in [3.8, 4) is 0 Å². The fraction of sp³-hybridized carbons (Fsp3) is 1.00. The number of nitrogens with zero attached hydrogens (tertiary/aromatic N) is 2. The van der Waals surface area contributed by atoms with E-state index in [0.29, 0.717) is 0 Å². The van der Waals surface area contributed by atoms with Gasteiger partial charge in [-0.25, -0.2) is 10.0 Å². The van der Waals surface area contributed by atoms with Crippen molar-refractivity contribution in [3.63, 3.8) is 0 Å². The molecule has 0 aromatic carbocycles. The summed E-state index contributed by atoms with van der Waals surface area (Å²) in [6.45, 7) is 16.7. The molecule has 1 heterocycles. The Balaban J connectivity index is 0.00000137. The van der Waals surface area contributed by atoms with E-state index < -0.39 is 0 Å². The Morgan fingerprint density at radius 2 is 2.00 bits per heavy atom.